The number of carbonyl (C=O) groups is 3. The summed E-state index contributed by atoms with van der Waals surface area (Å²) in [5.41, 5.74) is 0.782. The van der Waals surface area contributed by atoms with Crippen molar-refractivity contribution in [2.75, 3.05) is 13.6 Å². The van der Waals surface area contributed by atoms with E-state index in [1.165, 1.54) is 11.9 Å². The van der Waals surface area contributed by atoms with Gasteiger partial charge in [-0.25, -0.2) is 9.59 Å². The van der Waals surface area contributed by atoms with Crippen LogP contribution in [-0.2, 0) is 25.7 Å². The number of nitrogens with zero attached hydrogens (tertiary/aromatic N) is 1. The third-order valence-corrected chi connectivity index (χ3v) is 2.70. The fourth-order valence-electron chi connectivity index (χ4n) is 1.63. The lowest BCUT2D eigenvalue weighted by Gasteiger charge is -2.07. The summed E-state index contributed by atoms with van der Waals surface area (Å²) < 4.78 is 9.62. The van der Waals surface area contributed by atoms with Gasteiger partial charge in [0, 0.05) is 7.05 Å². The van der Waals surface area contributed by atoms with Gasteiger partial charge in [-0.1, -0.05) is 30.3 Å². The monoisotopic (exact) mass is 263 g/mol. The second kappa shape index (κ2) is 5.51. The molecule has 1 saturated heterocycles. The van der Waals surface area contributed by atoms with Gasteiger partial charge in [0.25, 0.3) is 5.78 Å². The lowest BCUT2D eigenvalue weighted by molar-refractivity contribution is -0.157. The van der Waals surface area contributed by atoms with Crippen LogP contribution in [0.5, 0.6) is 0 Å². The summed E-state index contributed by atoms with van der Waals surface area (Å²) in [6.07, 6.45) is -1.69. The van der Waals surface area contributed by atoms with Gasteiger partial charge in [0.1, 0.15) is 6.61 Å². The molecule has 1 unspecified atom stereocenters. The summed E-state index contributed by atoms with van der Waals surface area (Å²) >= 11 is 0. The zero-order valence-corrected chi connectivity index (χ0v) is 10.4. The Balaban J connectivity index is 1.87. The normalized spacial score (nSPS) is 18.1. The number of ether oxygens (including phenoxy) is 2. The molecule has 0 saturated carbocycles. The van der Waals surface area contributed by atoms with E-state index in [9.17, 15) is 14.4 Å². The van der Waals surface area contributed by atoms with Gasteiger partial charge in [-0.2, -0.15) is 0 Å². The van der Waals surface area contributed by atoms with Crippen molar-refractivity contribution in [2.24, 2.45) is 0 Å². The van der Waals surface area contributed by atoms with Crippen molar-refractivity contribution >= 4 is 17.8 Å². The molecule has 100 valence electrons. The number of carbonyl (C=O) groups excluding carboxylic acids is 3. The molecule has 1 aromatic carbocycles. The second-order valence-electron chi connectivity index (χ2n) is 4.18. The molecule has 0 radical (unpaired) electrons. The number of ketones is 1. The zero-order chi connectivity index (χ0) is 13.8. The van der Waals surface area contributed by atoms with Crippen molar-refractivity contribution in [2.45, 2.75) is 12.7 Å². The smallest absolute Gasteiger partial charge is 0.410 e. The van der Waals surface area contributed by atoms with Crippen LogP contribution in [0.1, 0.15) is 5.56 Å². The predicted molar refractivity (Wildman–Crippen MR) is 64.1 cm³/mol. The van der Waals surface area contributed by atoms with Crippen LogP contribution in [0.25, 0.3) is 0 Å². The molecular weight excluding hydrogens is 250 g/mol. The largest absolute Gasteiger partial charge is 0.455 e. The summed E-state index contributed by atoms with van der Waals surface area (Å²) in [6, 6.07) is 9.00. The maximum atomic E-state index is 11.7. The second-order valence-corrected chi connectivity index (χ2v) is 4.18. The first-order chi connectivity index (χ1) is 9.08. The van der Waals surface area contributed by atoms with Gasteiger partial charge in [0.2, 0.25) is 0 Å². The summed E-state index contributed by atoms with van der Waals surface area (Å²) in [5, 5.41) is 0. The SMILES string of the molecule is CN1CC(C(=O)C(=O)OCc2ccccc2)OC1=O. The van der Waals surface area contributed by atoms with E-state index < -0.39 is 23.9 Å². The van der Waals surface area contributed by atoms with Crippen molar-refractivity contribution < 1.29 is 23.9 Å². The van der Waals surface area contributed by atoms with Crippen LogP contribution < -0.4 is 0 Å². The lowest BCUT2D eigenvalue weighted by Crippen LogP contribution is -2.33. The third kappa shape index (κ3) is 3.09. The Morgan fingerprint density at radius 2 is 2.05 bits per heavy atom. The molecule has 1 aliphatic heterocycles. The van der Waals surface area contributed by atoms with E-state index in [0.29, 0.717) is 0 Å². The number of Topliss-reactive ketones (excluding diaryl/α,β-unsaturated/α-hetero) is 1. The van der Waals surface area contributed by atoms with Gasteiger partial charge in [-0.15, -0.1) is 0 Å². The van der Waals surface area contributed by atoms with E-state index in [1.807, 2.05) is 6.07 Å². The molecule has 0 spiro atoms. The standard InChI is InChI=1S/C13H13NO5/c1-14-7-10(19-13(14)17)11(15)12(16)18-8-9-5-3-2-4-6-9/h2-6,10H,7-8H2,1H3. The Morgan fingerprint density at radius 1 is 1.37 bits per heavy atom. The van der Waals surface area contributed by atoms with E-state index in [1.54, 1.807) is 24.3 Å². The summed E-state index contributed by atoms with van der Waals surface area (Å²) in [5.74, 6) is -1.83. The average Bonchev–Trinajstić information content (AvgIpc) is 2.76. The fraction of sp³-hybridized carbons (Fsp3) is 0.308. The minimum absolute atomic E-state index is 0.0158. The molecule has 1 aliphatic rings. The fourth-order valence-corrected chi connectivity index (χ4v) is 1.63. The zero-order valence-electron chi connectivity index (χ0n) is 10.4. The summed E-state index contributed by atoms with van der Waals surface area (Å²) in [6.45, 7) is 0.0834. The molecule has 1 fully saturated rings. The molecule has 2 rings (SSSR count). The molecule has 0 aromatic heterocycles. The van der Waals surface area contributed by atoms with Gasteiger partial charge >= 0.3 is 12.1 Å². The predicted octanol–water partition coefficient (Wildman–Crippen LogP) is 0.749. The van der Waals surface area contributed by atoms with E-state index in [-0.39, 0.29) is 13.2 Å². The first-order valence-corrected chi connectivity index (χ1v) is 5.74. The molecule has 0 bridgehead atoms. The molecule has 1 aromatic rings. The van der Waals surface area contributed by atoms with Crippen molar-refractivity contribution in [3.8, 4) is 0 Å². The molecule has 1 atom stereocenters. The van der Waals surface area contributed by atoms with Crippen LogP contribution in [0.2, 0.25) is 0 Å². The number of cyclic esters (lactones) is 1. The van der Waals surface area contributed by atoms with Gasteiger partial charge in [0.05, 0.1) is 6.54 Å². The van der Waals surface area contributed by atoms with Crippen molar-refractivity contribution in [1.29, 1.82) is 0 Å². The van der Waals surface area contributed by atoms with E-state index in [4.69, 9.17) is 9.47 Å². The van der Waals surface area contributed by atoms with Gasteiger partial charge in [-0.3, -0.25) is 4.79 Å². The average molecular weight is 263 g/mol. The highest BCUT2D eigenvalue weighted by Crippen LogP contribution is 2.11. The highest BCUT2D eigenvalue weighted by Gasteiger charge is 2.37. The van der Waals surface area contributed by atoms with Crippen molar-refractivity contribution in [3.63, 3.8) is 0 Å². The maximum absolute atomic E-state index is 11.7. The van der Waals surface area contributed by atoms with Crippen molar-refractivity contribution in [1.82, 2.24) is 4.90 Å². The Bertz CT molecular complexity index is 499. The van der Waals surface area contributed by atoms with Crippen LogP contribution in [0.3, 0.4) is 0 Å². The minimum atomic E-state index is -1.07. The number of esters is 1. The molecule has 6 nitrogen and oxygen atoms in total. The number of hydrogen-bond donors (Lipinski definition) is 0. The Morgan fingerprint density at radius 3 is 2.63 bits per heavy atom. The van der Waals surface area contributed by atoms with Crippen LogP contribution >= 0.6 is 0 Å². The molecule has 19 heavy (non-hydrogen) atoms. The first kappa shape index (κ1) is 13.1. The third-order valence-electron chi connectivity index (χ3n) is 2.70. The highest BCUT2D eigenvalue weighted by molar-refractivity contribution is 6.35. The van der Waals surface area contributed by atoms with E-state index in [0.717, 1.165) is 5.56 Å². The quantitative estimate of drug-likeness (QED) is 0.592. The Hall–Kier alpha value is -2.37. The molecule has 0 aliphatic carbocycles. The minimum Gasteiger partial charge on any atom is -0.455 e. The van der Waals surface area contributed by atoms with E-state index >= 15 is 0 Å². The number of amides is 1. The first-order valence-electron chi connectivity index (χ1n) is 5.74. The number of rotatable bonds is 4. The molecule has 1 heterocycles. The molecular formula is C13H13NO5. The molecule has 6 heteroatoms. The van der Waals surface area contributed by atoms with Crippen LogP contribution in [0.4, 0.5) is 4.79 Å². The van der Waals surface area contributed by atoms with E-state index in [2.05, 4.69) is 0 Å². The summed E-state index contributed by atoms with van der Waals surface area (Å²) in [4.78, 5) is 35.5. The Labute approximate surface area is 109 Å². The molecule has 0 N–H and O–H groups in total. The number of likely N-dealkylation sites (N-methyl/N-ethyl adjacent to an activating group) is 1. The number of hydrogen-bond acceptors (Lipinski definition) is 5. The van der Waals surface area contributed by atoms with Gasteiger partial charge in [0.15, 0.2) is 6.10 Å². The van der Waals surface area contributed by atoms with Crippen LogP contribution in [0.15, 0.2) is 30.3 Å². The molecule has 1 amide bonds. The van der Waals surface area contributed by atoms with Crippen molar-refractivity contribution in [3.05, 3.63) is 35.9 Å². The topological polar surface area (TPSA) is 72.9 Å². The lowest BCUT2D eigenvalue weighted by atomic mass is 10.2. The maximum Gasteiger partial charge on any atom is 0.410 e. The number of benzene rings is 1. The Kier molecular flexibility index (Phi) is 3.79. The highest BCUT2D eigenvalue weighted by atomic mass is 16.6. The van der Waals surface area contributed by atoms with Crippen LogP contribution in [-0.4, -0.2) is 42.4 Å². The summed E-state index contributed by atoms with van der Waals surface area (Å²) in [7, 11) is 1.49. The van der Waals surface area contributed by atoms with Gasteiger partial charge in [-0.05, 0) is 5.56 Å². The van der Waals surface area contributed by atoms with Gasteiger partial charge < -0.3 is 14.4 Å². The van der Waals surface area contributed by atoms with Crippen LogP contribution in [0, 0.1) is 0 Å².